The van der Waals surface area contributed by atoms with Crippen molar-refractivity contribution in [1.29, 1.82) is 0 Å². The fourth-order valence-corrected chi connectivity index (χ4v) is 5.33. The van der Waals surface area contributed by atoms with E-state index in [1.54, 1.807) is 24.3 Å². The Labute approximate surface area is 210 Å². The number of Topliss-reactive ketones (excluding diaryl/α,β-unsaturated/α-hetero) is 1. The molecule has 1 fully saturated rings. The molecule has 5 rings (SSSR count). The van der Waals surface area contributed by atoms with Gasteiger partial charge in [0.1, 0.15) is 5.76 Å². The SMILES string of the molecule is CCc1ccc2nc(N3C(=O)C(=O)C(=C(O)c4ccc(C)cc4)[C@@H]3c3ccc([N+](=O)[O-])cc3)sc2c1. The topological polar surface area (TPSA) is 114 Å². The second-order valence-electron chi connectivity index (χ2n) is 8.54. The van der Waals surface area contributed by atoms with Gasteiger partial charge in [0.05, 0.1) is 26.8 Å². The van der Waals surface area contributed by atoms with Crippen LogP contribution in [-0.2, 0) is 16.0 Å². The summed E-state index contributed by atoms with van der Waals surface area (Å²) in [5, 5.41) is 22.7. The predicted molar refractivity (Wildman–Crippen MR) is 138 cm³/mol. The van der Waals surface area contributed by atoms with E-state index >= 15 is 0 Å². The highest BCUT2D eigenvalue weighted by Crippen LogP contribution is 2.44. The van der Waals surface area contributed by atoms with Gasteiger partial charge in [-0.05, 0) is 48.7 Å². The van der Waals surface area contributed by atoms with Crippen molar-refractivity contribution in [2.75, 3.05) is 4.90 Å². The van der Waals surface area contributed by atoms with E-state index in [0.717, 1.165) is 22.2 Å². The lowest BCUT2D eigenvalue weighted by Gasteiger charge is -2.22. The number of hydrogen-bond acceptors (Lipinski definition) is 7. The van der Waals surface area contributed by atoms with E-state index in [1.807, 2.05) is 32.0 Å². The molecule has 0 radical (unpaired) electrons. The molecule has 2 heterocycles. The minimum Gasteiger partial charge on any atom is -0.507 e. The maximum Gasteiger partial charge on any atom is 0.301 e. The van der Waals surface area contributed by atoms with E-state index in [1.165, 1.54) is 40.5 Å². The normalized spacial score (nSPS) is 17.2. The fourth-order valence-electron chi connectivity index (χ4n) is 4.27. The lowest BCUT2D eigenvalue weighted by Crippen LogP contribution is -2.29. The minimum atomic E-state index is -1.00. The molecule has 1 amide bonds. The average Bonchev–Trinajstić information content (AvgIpc) is 3.41. The Balaban J connectivity index is 1.71. The van der Waals surface area contributed by atoms with Crippen LogP contribution >= 0.6 is 11.3 Å². The second kappa shape index (κ2) is 9.01. The number of aromatic nitrogens is 1. The van der Waals surface area contributed by atoms with Crippen LogP contribution in [0.5, 0.6) is 0 Å². The Kier molecular flexibility index (Phi) is 5.85. The Hall–Kier alpha value is -4.37. The summed E-state index contributed by atoms with van der Waals surface area (Å²) in [6.07, 6.45) is 0.840. The summed E-state index contributed by atoms with van der Waals surface area (Å²) in [4.78, 5) is 43.2. The van der Waals surface area contributed by atoms with Crippen molar-refractivity contribution < 1.29 is 19.6 Å². The van der Waals surface area contributed by atoms with Gasteiger partial charge >= 0.3 is 5.91 Å². The van der Waals surface area contributed by atoms with Crippen molar-refractivity contribution in [1.82, 2.24) is 4.98 Å². The van der Waals surface area contributed by atoms with E-state index in [9.17, 15) is 24.8 Å². The van der Waals surface area contributed by atoms with E-state index in [2.05, 4.69) is 4.98 Å². The Morgan fingerprint density at radius 2 is 1.78 bits per heavy atom. The number of benzene rings is 3. The number of carbonyl (C=O) groups is 2. The number of fused-ring (bicyclic) bond motifs is 1. The summed E-state index contributed by atoms with van der Waals surface area (Å²) < 4.78 is 0.868. The number of aliphatic hydroxyl groups excluding tert-OH is 1. The Bertz CT molecular complexity index is 1550. The molecular weight excluding hydrogens is 478 g/mol. The van der Waals surface area contributed by atoms with Crippen LogP contribution in [0.25, 0.3) is 16.0 Å². The molecule has 1 N–H and O–H groups in total. The van der Waals surface area contributed by atoms with Crippen molar-refractivity contribution in [3.05, 3.63) is 105 Å². The molecule has 1 aliphatic heterocycles. The van der Waals surface area contributed by atoms with E-state index in [-0.39, 0.29) is 17.0 Å². The summed E-state index contributed by atoms with van der Waals surface area (Å²) in [6, 6.07) is 17.4. The van der Waals surface area contributed by atoms with Crippen LogP contribution in [0, 0.1) is 17.0 Å². The molecule has 1 atom stereocenters. The molecule has 4 aromatic rings. The third-order valence-electron chi connectivity index (χ3n) is 6.24. The molecule has 1 aliphatic rings. The van der Waals surface area contributed by atoms with Crippen LogP contribution in [0.2, 0.25) is 0 Å². The predicted octanol–water partition coefficient (Wildman–Crippen LogP) is 5.70. The first-order chi connectivity index (χ1) is 17.3. The zero-order valence-corrected chi connectivity index (χ0v) is 20.3. The van der Waals surface area contributed by atoms with E-state index in [4.69, 9.17) is 0 Å². The second-order valence-corrected chi connectivity index (χ2v) is 9.54. The summed E-state index contributed by atoms with van der Waals surface area (Å²) >= 11 is 1.28. The molecule has 0 saturated carbocycles. The molecule has 0 aliphatic carbocycles. The lowest BCUT2D eigenvalue weighted by atomic mass is 9.95. The number of aliphatic hydroxyl groups is 1. The summed E-state index contributed by atoms with van der Waals surface area (Å²) in [6.45, 7) is 3.94. The highest BCUT2D eigenvalue weighted by atomic mass is 32.1. The molecule has 180 valence electrons. The van der Waals surface area contributed by atoms with Gasteiger partial charge in [0.15, 0.2) is 5.13 Å². The maximum atomic E-state index is 13.4. The number of non-ortho nitro benzene ring substituents is 1. The molecular formula is C27H21N3O5S. The fraction of sp³-hybridized carbons (Fsp3) is 0.148. The number of nitro benzene ring substituents is 1. The first-order valence-electron chi connectivity index (χ1n) is 11.3. The minimum absolute atomic E-state index is 0.0915. The van der Waals surface area contributed by atoms with Gasteiger partial charge in [-0.25, -0.2) is 4.98 Å². The lowest BCUT2D eigenvalue weighted by molar-refractivity contribution is -0.384. The van der Waals surface area contributed by atoms with Gasteiger partial charge in [0.2, 0.25) is 0 Å². The van der Waals surface area contributed by atoms with Gasteiger partial charge in [-0.15, -0.1) is 0 Å². The van der Waals surface area contributed by atoms with Crippen molar-refractivity contribution >= 4 is 49.8 Å². The van der Waals surface area contributed by atoms with Crippen LogP contribution in [0.3, 0.4) is 0 Å². The summed E-state index contributed by atoms with van der Waals surface area (Å²) in [5.74, 6) is -1.97. The number of nitro groups is 1. The molecule has 1 aromatic heterocycles. The van der Waals surface area contributed by atoms with Gasteiger partial charge in [0, 0.05) is 17.7 Å². The number of nitrogens with zero attached hydrogens (tertiary/aromatic N) is 3. The smallest absolute Gasteiger partial charge is 0.301 e. The maximum absolute atomic E-state index is 13.4. The number of ketones is 1. The number of thiazole rings is 1. The average molecular weight is 500 g/mol. The zero-order chi connectivity index (χ0) is 25.6. The third kappa shape index (κ3) is 3.93. The van der Waals surface area contributed by atoms with Crippen molar-refractivity contribution in [2.24, 2.45) is 0 Å². The standard InChI is InChI=1S/C27H21N3O5S/c1-3-16-6-13-20-21(14-16)36-27(28-20)29-23(17-9-11-19(12-10-17)30(34)35)22(25(32)26(29)33)24(31)18-7-4-15(2)5-8-18/h4-14,23,31H,3H2,1-2H3/t23-/m0/s1. The number of anilines is 1. The van der Waals surface area contributed by atoms with Crippen LogP contribution in [0.15, 0.2) is 72.3 Å². The Morgan fingerprint density at radius 1 is 1.08 bits per heavy atom. The number of aryl methyl sites for hydroxylation is 2. The quantitative estimate of drug-likeness (QED) is 0.124. The number of rotatable bonds is 5. The van der Waals surface area contributed by atoms with Crippen LogP contribution in [0.1, 0.15) is 35.2 Å². The molecule has 9 heteroatoms. The molecule has 8 nitrogen and oxygen atoms in total. The number of hydrogen-bond donors (Lipinski definition) is 1. The first-order valence-corrected chi connectivity index (χ1v) is 12.1. The molecule has 36 heavy (non-hydrogen) atoms. The van der Waals surface area contributed by atoms with Gasteiger partial charge in [0.25, 0.3) is 11.5 Å². The number of carbonyl (C=O) groups excluding carboxylic acids is 2. The third-order valence-corrected chi connectivity index (χ3v) is 7.26. The number of amides is 1. The van der Waals surface area contributed by atoms with Gasteiger partial charge in [-0.1, -0.05) is 54.2 Å². The molecule has 0 spiro atoms. The van der Waals surface area contributed by atoms with Crippen LogP contribution in [0.4, 0.5) is 10.8 Å². The molecule has 3 aromatic carbocycles. The van der Waals surface area contributed by atoms with E-state index in [0.29, 0.717) is 21.8 Å². The molecule has 0 bridgehead atoms. The van der Waals surface area contributed by atoms with Crippen molar-refractivity contribution in [2.45, 2.75) is 26.3 Å². The van der Waals surface area contributed by atoms with Crippen LogP contribution < -0.4 is 4.90 Å². The first kappa shape index (κ1) is 23.4. The van der Waals surface area contributed by atoms with Gasteiger partial charge in [-0.2, -0.15) is 0 Å². The Morgan fingerprint density at radius 3 is 2.42 bits per heavy atom. The molecule has 1 saturated heterocycles. The zero-order valence-electron chi connectivity index (χ0n) is 19.5. The van der Waals surface area contributed by atoms with Gasteiger partial charge < -0.3 is 5.11 Å². The van der Waals surface area contributed by atoms with Crippen molar-refractivity contribution in [3.8, 4) is 0 Å². The summed E-state index contributed by atoms with van der Waals surface area (Å²) in [5.41, 5.74) is 3.40. The largest absolute Gasteiger partial charge is 0.507 e. The van der Waals surface area contributed by atoms with Gasteiger partial charge in [-0.3, -0.25) is 24.6 Å². The van der Waals surface area contributed by atoms with Crippen LogP contribution in [-0.4, -0.2) is 26.7 Å². The highest BCUT2D eigenvalue weighted by Gasteiger charge is 2.48. The highest BCUT2D eigenvalue weighted by molar-refractivity contribution is 7.22. The summed E-state index contributed by atoms with van der Waals surface area (Å²) in [7, 11) is 0. The monoisotopic (exact) mass is 499 g/mol. The van der Waals surface area contributed by atoms with Crippen molar-refractivity contribution in [3.63, 3.8) is 0 Å². The van der Waals surface area contributed by atoms with E-state index < -0.39 is 22.7 Å². The molecule has 0 unspecified atom stereocenters.